The van der Waals surface area contributed by atoms with Crippen LogP contribution in [0.2, 0.25) is 0 Å². The molecule has 0 N–H and O–H groups in total. The standard InChI is InChI=1S/C12H13IN2S/c13-11-1-2-12-10(11)7-9(8-14-12)15-3-5-16-6-4-15/h1,7-8H,2-6H2. The largest absolute Gasteiger partial charge is 0.369 e. The maximum absolute atomic E-state index is 4.58. The summed E-state index contributed by atoms with van der Waals surface area (Å²) in [6, 6.07) is 2.31. The highest BCUT2D eigenvalue weighted by atomic mass is 127. The smallest absolute Gasteiger partial charge is 0.0559 e. The topological polar surface area (TPSA) is 16.1 Å². The lowest BCUT2D eigenvalue weighted by molar-refractivity contribution is 0.853. The normalized spacial score (nSPS) is 19.6. The van der Waals surface area contributed by atoms with Crippen molar-refractivity contribution in [2.45, 2.75) is 6.42 Å². The van der Waals surface area contributed by atoms with Gasteiger partial charge in [-0.1, -0.05) is 6.08 Å². The molecule has 1 aliphatic heterocycles. The molecule has 1 aromatic rings. The first-order valence-corrected chi connectivity index (χ1v) is 7.75. The Kier molecular flexibility index (Phi) is 3.11. The fourth-order valence-corrected chi connectivity index (χ4v) is 3.73. The van der Waals surface area contributed by atoms with Gasteiger partial charge >= 0.3 is 0 Å². The quantitative estimate of drug-likeness (QED) is 0.729. The van der Waals surface area contributed by atoms with Crippen LogP contribution in [0.15, 0.2) is 18.3 Å². The Morgan fingerprint density at radius 1 is 1.31 bits per heavy atom. The van der Waals surface area contributed by atoms with E-state index in [2.05, 4.69) is 44.6 Å². The zero-order valence-electron chi connectivity index (χ0n) is 8.95. The number of halogens is 1. The fraction of sp³-hybridized carbons (Fsp3) is 0.417. The van der Waals surface area contributed by atoms with Gasteiger partial charge in [0, 0.05) is 40.2 Å². The van der Waals surface area contributed by atoms with Crippen LogP contribution in [0.4, 0.5) is 5.69 Å². The van der Waals surface area contributed by atoms with Crippen LogP contribution in [0, 0.1) is 0 Å². The van der Waals surface area contributed by atoms with Crippen LogP contribution in [0.3, 0.4) is 0 Å². The summed E-state index contributed by atoms with van der Waals surface area (Å²) in [5, 5.41) is 0. The van der Waals surface area contributed by atoms with E-state index in [9.17, 15) is 0 Å². The van der Waals surface area contributed by atoms with E-state index in [-0.39, 0.29) is 0 Å². The van der Waals surface area contributed by atoms with Gasteiger partial charge in [0.25, 0.3) is 0 Å². The SMILES string of the molecule is IC1=CCc2ncc(N3CCSCC3)cc21. The lowest BCUT2D eigenvalue weighted by atomic mass is 10.2. The highest BCUT2D eigenvalue weighted by molar-refractivity contribution is 14.1. The van der Waals surface area contributed by atoms with Gasteiger partial charge in [-0.15, -0.1) is 0 Å². The molecule has 0 saturated carbocycles. The molecule has 0 spiro atoms. The van der Waals surface area contributed by atoms with E-state index < -0.39 is 0 Å². The van der Waals surface area contributed by atoms with Gasteiger partial charge in [0.15, 0.2) is 0 Å². The minimum atomic E-state index is 1.00. The van der Waals surface area contributed by atoms with Crippen LogP contribution in [0.1, 0.15) is 11.3 Å². The Morgan fingerprint density at radius 3 is 2.94 bits per heavy atom. The Hall–Kier alpha value is -0.230. The summed E-state index contributed by atoms with van der Waals surface area (Å²) in [7, 11) is 0. The number of thioether (sulfide) groups is 1. The molecule has 84 valence electrons. The molecule has 2 heterocycles. The van der Waals surface area contributed by atoms with Crippen LogP contribution in [0.5, 0.6) is 0 Å². The third-order valence-electron chi connectivity index (χ3n) is 3.06. The first-order chi connectivity index (χ1) is 7.84. The Labute approximate surface area is 114 Å². The molecular weight excluding hydrogens is 331 g/mol. The third kappa shape index (κ3) is 1.97. The monoisotopic (exact) mass is 344 g/mol. The molecule has 0 bridgehead atoms. The molecular formula is C12H13IN2S. The molecule has 1 aliphatic carbocycles. The van der Waals surface area contributed by atoms with Crippen LogP contribution < -0.4 is 4.90 Å². The second-order valence-electron chi connectivity index (χ2n) is 4.04. The summed E-state index contributed by atoms with van der Waals surface area (Å²) in [6.45, 7) is 2.32. The molecule has 2 aliphatic rings. The molecule has 2 nitrogen and oxygen atoms in total. The molecule has 0 amide bonds. The molecule has 3 rings (SSSR count). The number of pyridine rings is 1. The molecule has 0 unspecified atom stereocenters. The van der Waals surface area contributed by atoms with Gasteiger partial charge in [-0.25, -0.2) is 0 Å². The number of anilines is 1. The molecule has 1 fully saturated rings. The van der Waals surface area contributed by atoms with Crippen molar-refractivity contribution in [1.29, 1.82) is 0 Å². The van der Waals surface area contributed by atoms with E-state index in [0.717, 1.165) is 19.5 Å². The molecule has 0 atom stereocenters. The van der Waals surface area contributed by atoms with E-state index >= 15 is 0 Å². The predicted molar refractivity (Wildman–Crippen MR) is 79.5 cm³/mol. The van der Waals surface area contributed by atoms with Crippen molar-refractivity contribution in [2.24, 2.45) is 0 Å². The average Bonchev–Trinajstić information content (AvgIpc) is 2.72. The van der Waals surface area contributed by atoms with E-state index in [0.29, 0.717) is 0 Å². The average molecular weight is 344 g/mol. The van der Waals surface area contributed by atoms with E-state index in [4.69, 9.17) is 0 Å². The van der Waals surface area contributed by atoms with Gasteiger partial charge in [0.05, 0.1) is 17.6 Å². The molecule has 0 radical (unpaired) electrons. The zero-order chi connectivity index (χ0) is 11.0. The summed E-state index contributed by atoms with van der Waals surface area (Å²) in [6.07, 6.45) is 5.30. The maximum Gasteiger partial charge on any atom is 0.0559 e. The van der Waals surface area contributed by atoms with Crippen molar-refractivity contribution in [1.82, 2.24) is 4.98 Å². The number of fused-ring (bicyclic) bond motifs is 1. The van der Waals surface area contributed by atoms with Crippen LogP contribution in [-0.4, -0.2) is 29.6 Å². The molecule has 16 heavy (non-hydrogen) atoms. The number of hydrogen-bond donors (Lipinski definition) is 0. The number of aromatic nitrogens is 1. The first kappa shape index (κ1) is 10.9. The van der Waals surface area contributed by atoms with Gasteiger partial charge < -0.3 is 4.90 Å². The van der Waals surface area contributed by atoms with Gasteiger partial charge in [-0.2, -0.15) is 11.8 Å². The molecule has 4 heteroatoms. The van der Waals surface area contributed by atoms with Gasteiger partial charge in [-0.3, -0.25) is 4.98 Å². The number of hydrogen-bond acceptors (Lipinski definition) is 3. The minimum Gasteiger partial charge on any atom is -0.369 e. The highest BCUT2D eigenvalue weighted by Gasteiger charge is 2.17. The Bertz CT molecular complexity index is 439. The number of allylic oxidation sites excluding steroid dienone is 1. The van der Waals surface area contributed by atoms with Crippen molar-refractivity contribution in [3.63, 3.8) is 0 Å². The van der Waals surface area contributed by atoms with Gasteiger partial charge in [0.2, 0.25) is 0 Å². The molecule has 1 aromatic heterocycles. The van der Waals surface area contributed by atoms with E-state index in [1.54, 1.807) is 0 Å². The summed E-state index contributed by atoms with van der Waals surface area (Å²) >= 11 is 4.45. The van der Waals surface area contributed by atoms with E-state index in [1.165, 1.54) is 32.0 Å². The van der Waals surface area contributed by atoms with E-state index in [1.807, 2.05) is 18.0 Å². The fourth-order valence-electron chi connectivity index (χ4n) is 2.14. The Morgan fingerprint density at radius 2 is 2.12 bits per heavy atom. The Balaban J connectivity index is 1.91. The summed E-state index contributed by atoms with van der Waals surface area (Å²) < 4.78 is 1.35. The first-order valence-electron chi connectivity index (χ1n) is 5.52. The van der Waals surface area contributed by atoms with Crippen molar-refractivity contribution < 1.29 is 0 Å². The van der Waals surface area contributed by atoms with Crippen LogP contribution in [0.25, 0.3) is 3.58 Å². The zero-order valence-corrected chi connectivity index (χ0v) is 11.9. The molecule has 0 aromatic carbocycles. The predicted octanol–water partition coefficient (Wildman–Crippen LogP) is 2.97. The number of nitrogens with zero attached hydrogens (tertiary/aromatic N) is 2. The maximum atomic E-state index is 4.58. The van der Waals surface area contributed by atoms with Gasteiger partial charge in [-0.05, 0) is 28.7 Å². The van der Waals surface area contributed by atoms with Gasteiger partial charge in [0.1, 0.15) is 0 Å². The summed E-state index contributed by atoms with van der Waals surface area (Å²) in [5.74, 6) is 2.48. The lowest BCUT2D eigenvalue weighted by Crippen LogP contribution is -2.32. The van der Waals surface area contributed by atoms with Crippen LogP contribution in [-0.2, 0) is 6.42 Å². The summed E-state index contributed by atoms with van der Waals surface area (Å²) in [5.41, 5.74) is 3.87. The highest BCUT2D eigenvalue weighted by Crippen LogP contribution is 2.33. The number of rotatable bonds is 1. The van der Waals surface area contributed by atoms with Crippen molar-refractivity contribution in [2.75, 3.05) is 29.5 Å². The second kappa shape index (κ2) is 4.56. The lowest BCUT2D eigenvalue weighted by Gasteiger charge is -2.28. The van der Waals surface area contributed by atoms with Crippen LogP contribution >= 0.6 is 34.4 Å². The van der Waals surface area contributed by atoms with Crippen molar-refractivity contribution in [3.05, 3.63) is 29.6 Å². The van der Waals surface area contributed by atoms with Crippen molar-refractivity contribution >= 4 is 43.6 Å². The van der Waals surface area contributed by atoms with Crippen molar-refractivity contribution in [3.8, 4) is 0 Å². The minimum absolute atomic E-state index is 1.00. The molecule has 1 saturated heterocycles. The summed E-state index contributed by atoms with van der Waals surface area (Å²) in [4.78, 5) is 7.03. The third-order valence-corrected chi connectivity index (χ3v) is 5.03. The second-order valence-corrected chi connectivity index (χ2v) is 6.43.